The Morgan fingerprint density at radius 2 is 1.23 bits per heavy atom. The average molecular weight is 1160 g/mol. The maximum absolute atomic E-state index is 14.1. The van der Waals surface area contributed by atoms with Gasteiger partial charge in [-0.15, -0.1) is 0 Å². The van der Waals surface area contributed by atoms with Crippen LogP contribution in [0.5, 0.6) is 0 Å². The Balaban J connectivity index is 1.62. The topological polar surface area (TPSA) is 303 Å². The van der Waals surface area contributed by atoms with E-state index in [1.807, 2.05) is 42.5 Å². The normalized spacial score (nSPS) is 16.3. The minimum absolute atomic E-state index is 0.00517. The van der Waals surface area contributed by atoms with Gasteiger partial charge in [-0.25, -0.2) is 14.4 Å². The van der Waals surface area contributed by atoms with Crippen LogP contribution < -0.4 is 32.3 Å². The highest BCUT2D eigenvalue weighted by molar-refractivity contribution is 5.91. The number of nitrogens with one attached hydrogen (secondary N) is 5. The first kappa shape index (κ1) is 70.4. The Labute approximate surface area is 490 Å². The van der Waals surface area contributed by atoms with Crippen molar-refractivity contribution in [2.75, 3.05) is 26.8 Å². The van der Waals surface area contributed by atoms with Crippen LogP contribution in [0.25, 0.3) is 10.8 Å². The lowest BCUT2D eigenvalue weighted by Gasteiger charge is -2.29. The largest absolute Gasteiger partial charge is 0.467 e. The molecule has 0 radical (unpaired) electrons. The molecule has 0 saturated heterocycles. The van der Waals surface area contributed by atoms with Crippen LogP contribution in [-0.4, -0.2) is 127 Å². The van der Waals surface area contributed by atoms with Crippen LogP contribution >= 0.6 is 0 Å². The van der Waals surface area contributed by atoms with Crippen LogP contribution in [0.4, 0.5) is 4.79 Å². The summed E-state index contributed by atoms with van der Waals surface area (Å²) in [6, 6.07) is 8.45. The Hall–Kier alpha value is -6.90. The lowest BCUT2D eigenvalue weighted by Crippen LogP contribution is -2.52. The summed E-state index contributed by atoms with van der Waals surface area (Å²) in [4.78, 5) is 131. The molecule has 0 bridgehead atoms. The molecular weight excluding hydrogens is 1070 g/mol. The van der Waals surface area contributed by atoms with E-state index in [1.54, 1.807) is 62.3 Å². The van der Waals surface area contributed by atoms with Crippen molar-refractivity contribution in [1.29, 1.82) is 0 Å². The molecule has 0 heterocycles. The number of amides is 5. The van der Waals surface area contributed by atoms with Crippen molar-refractivity contribution in [1.82, 2.24) is 26.6 Å². The monoisotopic (exact) mass is 1160 g/mol. The van der Waals surface area contributed by atoms with E-state index < -0.39 is 88.6 Å². The number of ketones is 1. The number of carbonyl (C=O) groups is 10. The maximum atomic E-state index is 14.1. The van der Waals surface area contributed by atoms with Gasteiger partial charge in [-0.05, 0) is 155 Å². The predicted octanol–water partition coefficient (Wildman–Crippen LogP) is 7.06. The van der Waals surface area contributed by atoms with Crippen molar-refractivity contribution in [3.05, 3.63) is 60.7 Å². The van der Waals surface area contributed by atoms with E-state index in [1.165, 1.54) is 13.2 Å². The number of nitrogens with two attached hydrogens (primary N) is 1. The summed E-state index contributed by atoms with van der Waals surface area (Å²) in [6.45, 7) is 19.4. The summed E-state index contributed by atoms with van der Waals surface area (Å²) in [5, 5.41) is 15.9. The number of hydrogen-bond acceptors (Lipinski definition) is 16. The SMILES string of the molecule is C=CCOC(=O)CCCCCC(NC(=O)CC(N)C(=O)OC(C)(C)C)C(=O)NCC1CCC(C(=O)CC(Cc2ccc3ccccc3c2)C(=O)NCCCCC(NC(=O)NC(CCC(=O)OC(C)(C)C)C(=O)OC(C)(C)C)C(=O)OC)CC1. The highest BCUT2D eigenvalue weighted by Gasteiger charge is 2.34. The van der Waals surface area contributed by atoms with Gasteiger partial charge in [0.1, 0.15) is 53.4 Å². The van der Waals surface area contributed by atoms with Gasteiger partial charge in [0.2, 0.25) is 17.7 Å². The molecule has 0 spiro atoms. The fourth-order valence-corrected chi connectivity index (χ4v) is 9.43. The molecule has 5 unspecified atom stereocenters. The summed E-state index contributed by atoms with van der Waals surface area (Å²) >= 11 is 0. The van der Waals surface area contributed by atoms with Gasteiger partial charge in [-0.1, -0.05) is 68.0 Å². The molecule has 21 nitrogen and oxygen atoms in total. The van der Waals surface area contributed by atoms with Crippen molar-refractivity contribution in [3.63, 3.8) is 0 Å². The minimum Gasteiger partial charge on any atom is -0.467 e. The molecule has 7 N–H and O–H groups in total. The van der Waals surface area contributed by atoms with Crippen molar-refractivity contribution in [2.24, 2.45) is 23.5 Å². The lowest BCUT2D eigenvalue weighted by molar-refractivity contribution is -0.159. The van der Waals surface area contributed by atoms with Crippen LogP contribution in [0.15, 0.2) is 55.1 Å². The van der Waals surface area contributed by atoms with E-state index in [9.17, 15) is 47.9 Å². The second kappa shape index (κ2) is 34.6. The van der Waals surface area contributed by atoms with Crippen LogP contribution in [0.3, 0.4) is 0 Å². The first-order valence-corrected chi connectivity index (χ1v) is 29.2. The van der Waals surface area contributed by atoms with E-state index in [2.05, 4.69) is 33.2 Å². The molecule has 83 heavy (non-hydrogen) atoms. The molecule has 1 saturated carbocycles. The first-order valence-electron chi connectivity index (χ1n) is 29.2. The van der Waals surface area contributed by atoms with Gasteiger partial charge in [0.05, 0.1) is 13.5 Å². The van der Waals surface area contributed by atoms with E-state index >= 15 is 0 Å². The molecule has 5 amide bonds. The van der Waals surface area contributed by atoms with Crippen molar-refractivity contribution < 1.29 is 71.6 Å². The molecule has 1 aliphatic rings. The summed E-state index contributed by atoms with van der Waals surface area (Å²) in [5.74, 6) is -5.43. The number of fused-ring (bicyclic) bond motifs is 1. The highest BCUT2D eigenvalue weighted by Crippen LogP contribution is 2.31. The van der Waals surface area contributed by atoms with Gasteiger partial charge in [-0.3, -0.25) is 33.6 Å². The molecule has 5 atom stereocenters. The fourth-order valence-electron chi connectivity index (χ4n) is 9.43. The minimum atomic E-state index is -1.24. The maximum Gasteiger partial charge on any atom is 0.329 e. The molecule has 2 aromatic carbocycles. The molecule has 21 heteroatoms. The number of unbranched alkanes of at least 4 members (excludes halogenated alkanes) is 3. The number of ether oxygens (including phenoxy) is 5. The number of benzene rings is 2. The van der Waals surface area contributed by atoms with Gasteiger partial charge in [0.25, 0.3) is 0 Å². The van der Waals surface area contributed by atoms with Crippen molar-refractivity contribution >= 4 is 70.2 Å². The smallest absolute Gasteiger partial charge is 0.329 e. The zero-order valence-corrected chi connectivity index (χ0v) is 50.7. The third-order valence-corrected chi connectivity index (χ3v) is 13.5. The van der Waals surface area contributed by atoms with Gasteiger partial charge < -0.3 is 56.0 Å². The van der Waals surface area contributed by atoms with Crippen LogP contribution in [0, 0.1) is 17.8 Å². The number of esters is 5. The molecule has 0 aromatic heterocycles. The van der Waals surface area contributed by atoms with Gasteiger partial charge in [0, 0.05) is 44.2 Å². The number of Topliss-reactive ketones (excluding diaryl/α,β-unsaturated/α-hetero) is 1. The third-order valence-electron chi connectivity index (χ3n) is 13.5. The Kier molecular flexibility index (Phi) is 29.4. The van der Waals surface area contributed by atoms with E-state index in [-0.39, 0.29) is 87.6 Å². The Bertz CT molecular complexity index is 2500. The summed E-state index contributed by atoms with van der Waals surface area (Å²) in [5.41, 5.74) is 4.44. The van der Waals surface area contributed by atoms with Crippen molar-refractivity contribution in [2.45, 2.75) is 212 Å². The van der Waals surface area contributed by atoms with Crippen LogP contribution in [-0.2, 0) is 73.3 Å². The fraction of sp³-hybridized carbons (Fsp3) is 0.645. The Morgan fingerprint density at radius 1 is 0.627 bits per heavy atom. The highest BCUT2D eigenvalue weighted by atomic mass is 16.6. The molecule has 2 aromatic rings. The van der Waals surface area contributed by atoms with Gasteiger partial charge >= 0.3 is 35.9 Å². The lowest BCUT2D eigenvalue weighted by atomic mass is 9.77. The van der Waals surface area contributed by atoms with Crippen molar-refractivity contribution in [3.8, 4) is 0 Å². The molecule has 1 aliphatic carbocycles. The number of rotatable bonds is 33. The number of hydrogen-bond donors (Lipinski definition) is 6. The number of urea groups is 1. The Morgan fingerprint density at radius 3 is 1.86 bits per heavy atom. The zero-order chi connectivity index (χ0) is 61.9. The van der Waals surface area contributed by atoms with Gasteiger partial charge in [-0.2, -0.15) is 0 Å². The van der Waals surface area contributed by atoms with Gasteiger partial charge in [0.15, 0.2) is 0 Å². The quantitative estimate of drug-likeness (QED) is 0.0180. The number of carbonyl (C=O) groups excluding carboxylic acids is 10. The van der Waals surface area contributed by atoms with E-state index in [4.69, 9.17) is 29.4 Å². The zero-order valence-electron chi connectivity index (χ0n) is 50.7. The summed E-state index contributed by atoms with van der Waals surface area (Å²) in [6.07, 6.45) is 6.48. The van der Waals surface area contributed by atoms with E-state index in [0.717, 1.165) is 16.3 Å². The summed E-state index contributed by atoms with van der Waals surface area (Å²) in [7, 11) is 1.18. The molecular formula is C62H94N6O15. The predicted molar refractivity (Wildman–Crippen MR) is 313 cm³/mol. The standard InChI is InChI=1S/C62H94N6O15/c1-12-34-80-52(71)24-15-13-14-22-47(66-51(70)38-46(63)56(75)82-61(5,6)7)55(74)65-39-40-25-29-43(30-26-40)50(69)37-45(36-41-27-28-42-20-16-17-21-44(42)35-41)54(73)64-33-19-18-23-48(57(76)79-11)67-59(78)68-49(58(77)83-62(8,9)10)31-32-53(72)81-60(2,3)4/h12,16-17,20-21,27-28,35,40,43,45-49H,1,13-15,18-19,22-26,29-34,36-39,63H2,2-11H3,(H,64,73)(H,65,74)(H,66,70)(H2,67,68,78). The first-order chi connectivity index (χ1) is 38.9. The molecule has 1 fully saturated rings. The van der Waals surface area contributed by atoms with E-state index in [0.29, 0.717) is 70.8 Å². The van der Waals surface area contributed by atoms with Crippen LogP contribution in [0.1, 0.15) is 171 Å². The average Bonchev–Trinajstić information content (AvgIpc) is 3.48. The number of methoxy groups -OCH3 is 1. The summed E-state index contributed by atoms with van der Waals surface area (Å²) < 4.78 is 26.2. The second-order valence-electron chi connectivity index (χ2n) is 24.4. The molecule has 462 valence electrons. The third kappa shape index (κ3) is 28.8. The molecule has 0 aliphatic heterocycles. The second-order valence-corrected chi connectivity index (χ2v) is 24.4. The molecule has 3 rings (SSSR count). The van der Waals surface area contributed by atoms with Crippen LogP contribution in [0.2, 0.25) is 0 Å².